The number of nitrogens with zero attached hydrogens (tertiary/aromatic N) is 1. The van der Waals surface area contributed by atoms with Crippen LogP contribution in [0.3, 0.4) is 0 Å². The predicted molar refractivity (Wildman–Crippen MR) is 65.9 cm³/mol. The first-order chi connectivity index (χ1) is 8.50. The molecule has 1 fully saturated rings. The highest BCUT2D eigenvalue weighted by atomic mass is 19.4. The van der Waals surface area contributed by atoms with Gasteiger partial charge in [-0.2, -0.15) is 13.2 Å². The van der Waals surface area contributed by atoms with Gasteiger partial charge in [0, 0.05) is 18.8 Å². The summed E-state index contributed by atoms with van der Waals surface area (Å²) >= 11 is 0. The van der Waals surface area contributed by atoms with Crippen LogP contribution >= 0.6 is 0 Å². The molecule has 0 spiro atoms. The molecule has 0 aromatic heterocycles. The van der Waals surface area contributed by atoms with Crippen molar-refractivity contribution >= 4 is 5.69 Å². The zero-order valence-corrected chi connectivity index (χ0v) is 10.3. The van der Waals surface area contributed by atoms with E-state index < -0.39 is 12.2 Å². The molecule has 1 aliphatic heterocycles. The molecule has 100 valence electrons. The topological polar surface area (TPSA) is 15.3 Å². The van der Waals surface area contributed by atoms with E-state index >= 15 is 0 Å². The van der Waals surface area contributed by atoms with Gasteiger partial charge in [0.1, 0.15) is 6.04 Å². The first kappa shape index (κ1) is 13.2. The highest BCUT2D eigenvalue weighted by Gasteiger charge is 2.44. The lowest BCUT2D eigenvalue weighted by molar-refractivity contribution is -0.147. The number of para-hydroxylation sites is 1. The SMILES string of the molecule is Cc1ccccc1N1CCCNCC1C(F)(F)F. The van der Waals surface area contributed by atoms with E-state index in [1.54, 1.807) is 12.1 Å². The molecule has 1 saturated heterocycles. The molecule has 1 aliphatic rings. The second-order valence-corrected chi connectivity index (χ2v) is 4.59. The van der Waals surface area contributed by atoms with Crippen LogP contribution < -0.4 is 10.2 Å². The molecule has 1 aromatic rings. The van der Waals surface area contributed by atoms with Gasteiger partial charge in [0.25, 0.3) is 0 Å². The van der Waals surface area contributed by atoms with Crippen LogP contribution in [0.4, 0.5) is 18.9 Å². The van der Waals surface area contributed by atoms with Gasteiger partial charge >= 0.3 is 6.18 Å². The van der Waals surface area contributed by atoms with Crippen LogP contribution in [0.1, 0.15) is 12.0 Å². The molecular weight excluding hydrogens is 241 g/mol. The molecule has 5 heteroatoms. The third kappa shape index (κ3) is 2.77. The van der Waals surface area contributed by atoms with Crippen LogP contribution in [0.5, 0.6) is 0 Å². The van der Waals surface area contributed by atoms with Crippen molar-refractivity contribution in [2.45, 2.75) is 25.6 Å². The summed E-state index contributed by atoms with van der Waals surface area (Å²) in [6.07, 6.45) is -3.49. The number of rotatable bonds is 1. The Morgan fingerprint density at radius 2 is 2.00 bits per heavy atom. The molecule has 1 N–H and O–H groups in total. The lowest BCUT2D eigenvalue weighted by Gasteiger charge is -2.34. The molecule has 0 saturated carbocycles. The molecule has 0 aliphatic carbocycles. The quantitative estimate of drug-likeness (QED) is 0.833. The maximum absolute atomic E-state index is 13.1. The minimum Gasteiger partial charge on any atom is -0.359 e. The second kappa shape index (κ2) is 5.18. The van der Waals surface area contributed by atoms with Gasteiger partial charge in [-0.1, -0.05) is 18.2 Å². The molecule has 0 bridgehead atoms. The molecule has 1 atom stereocenters. The van der Waals surface area contributed by atoms with Gasteiger partial charge in [0.05, 0.1) is 0 Å². The molecule has 0 radical (unpaired) electrons. The number of nitrogens with one attached hydrogen (secondary N) is 1. The fourth-order valence-corrected chi connectivity index (χ4v) is 2.35. The molecule has 18 heavy (non-hydrogen) atoms. The van der Waals surface area contributed by atoms with Crippen molar-refractivity contribution in [3.63, 3.8) is 0 Å². The minimum absolute atomic E-state index is 0.0438. The van der Waals surface area contributed by atoms with Crippen LogP contribution in [0.25, 0.3) is 0 Å². The lowest BCUT2D eigenvalue weighted by atomic mass is 10.1. The van der Waals surface area contributed by atoms with Crippen LogP contribution in [-0.4, -0.2) is 31.9 Å². The molecular formula is C13H17F3N2. The standard InChI is InChI=1S/C13H17F3N2/c1-10-5-2-3-6-11(10)18-8-4-7-17-9-12(18)13(14,15)16/h2-3,5-6,12,17H,4,7-9H2,1H3. The third-order valence-corrected chi connectivity index (χ3v) is 3.27. The summed E-state index contributed by atoms with van der Waals surface area (Å²) in [5.41, 5.74) is 1.57. The Morgan fingerprint density at radius 1 is 1.28 bits per heavy atom. The van der Waals surface area contributed by atoms with Crippen molar-refractivity contribution in [1.82, 2.24) is 5.32 Å². The molecule has 1 unspecified atom stereocenters. The average Bonchev–Trinajstić information content (AvgIpc) is 2.54. The van der Waals surface area contributed by atoms with Gasteiger partial charge in [-0.3, -0.25) is 0 Å². The van der Waals surface area contributed by atoms with E-state index in [-0.39, 0.29) is 6.54 Å². The number of hydrogen-bond donors (Lipinski definition) is 1. The first-order valence-corrected chi connectivity index (χ1v) is 6.10. The van der Waals surface area contributed by atoms with Gasteiger partial charge in [-0.05, 0) is 31.5 Å². The monoisotopic (exact) mass is 258 g/mol. The lowest BCUT2D eigenvalue weighted by Crippen LogP contribution is -2.50. The molecule has 1 aromatic carbocycles. The van der Waals surface area contributed by atoms with Gasteiger partial charge in [0.15, 0.2) is 0 Å². The zero-order chi connectivity index (χ0) is 13.2. The summed E-state index contributed by atoms with van der Waals surface area (Å²) in [6, 6.07) is 5.80. The normalized spacial score (nSPS) is 21.8. The fourth-order valence-electron chi connectivity index (χ4n) is 2.35. The van der Waals surface area contributed by atoms with Crippen molar-refractivity contribution in [2.75, 3.05) is 24.5 Å². The van der Waals surface area contributed by atoms with Crippen LogP contribution in [0.2, 0.25) is 0 Å². The average molecular weight is 258 g/mol. The summed E-state index contributed by atoms with van der Waals surface area (Å²) < 4.78 is 39.3. The Kier molecular flexibility index (Phi) is 3.80. The van der Waals surface area contributed by atoms with E-state index in [1.807, 2.05) is 19.1 Å². The first-order valence-electron chi connectivity index (χ1n) is 6.10. The van der Waals surface area contributed by atoms with Gasteiger partial charge in [-0.25, -0.2) is 0 Å². The van der Waals surface area contributed by atoms with Crippen molar-refractivity contribution in [2.24, 2.45) is 0 Å². The fraction of sp³-hybridized carbons (Fsp3) is 0.538. The van der Waals surface area contributed by atoms with Gasteiger partial charge in [-0.15, -0.1) is 0 Å². The van der Waals surface area contributed by atoms with Crippen molar-refractivity contribution < 1.29 is 13.2 Å². The zero-order valence-electron chi connectivity index (χ0n) is 10.3. The van der Waals surface area contributed by atoms with Crippen LogP contribution in [0, 0.1) is 6.92 Å². The van der Waals surface area contributed by atoms with Crippen LogP contribution in [0.15, 0.2) is 24.3 Å². The molecule has 0 amide bonds. The van der Waals surface area contributed by atoms with Gasteiger partial charge in [0.2, 0.25) is 0 Å². The number of benzene rings is 1. The number of halogens is 3. The largest absolute Gasteiger partial charge is 0.409 e. The number of anilines is 1. The summed E-state index contributed by atoms with van der Waals surface area (Å²) in [7, 11) is 0. The summed E-state index contributed by atoms with van der Waals surface area (Å²) in [5.74, 6) is 0. The van der Waals surface area contributed by atoms with Crippen molar-refractivity contribution in [1.29, 1.82) is 0 Å². The number of hydrogen-bond acceptors (Lipinski definition) is 2. The Hall–Kier alpha value is -1.23. The van der Waals surface area contributed by atoms with E-state index in [0.29, 0.717) is 18.8 Å². The highest BCUT2D eigenvalue weighted by molar-refractivity contribution is 5.54. The van der Waals surface area contributed by atoms with E-state index in [0.717, 1.165) is 12.0 Å². The van der Waals surface area contributed by atoms with E-state index in [4.69, 9.17) is 0 Å². The number of aryl methyl sites for hydroxylation is 1. The maximum atomic E-state index is 13.1. The molecule has 2 rings (SSSR count). The summed E-state index contributed by atoms with van der Waals surface area (Å²) in [5, 5.41) is 2.86. The van der Waals surface area contributed by atoms with Gasteiger partial charge < -0.3 is 10.2 Å². The second-order valence-electron chi connectivity index (χ2n) is 4.59. The summed E-state index contributed by atoms with van der Waals surface area (Å²) in [4.78, 5) is 1.48. The Labute approximate surface area is 105 Å². The van der Waals surface area contributed by atoms with E-state index in [9.17, 15) is 13.2 Å². The van der Waals surface area contributed by atoms with Crippen molar-refractivity contribution in [3.8, 4) is 0 Å². The van der Waals surface area contributed by atoms with E-state index in [2.05, 4.69) is 5.32 Å². The molecule has 1 heterocycles. The summed E-state index contributed by atoms with van der Waals surface area (Å²) in [6.45, 7) is 2.87. The Bertz CT molecular complexity index is 403. The smallest absolute Gasteiger partial charge is 0.359 e. The predicted octanol–water partition coefficient (Wildman–Crippen LogP) is 2.73. The molecule has 2 nitrogen and oxygen atoms in total. The van der Waals surface area contributed by atoms with Crippen molar-refractivity contribution in [3.05, 3.63) is 29.8 Å². The number of alkyl halides is 3. The van der Waals surface area contributed by atoms with E-state index in [1.165, 1.54) is 4.90 Å². The Morgan fingerprint density at radius 3 is 2.67 bits per heavy atom. The highest BCUT2D eigenvalue weighted by Crippen LogP contribution is 2.31. The maximum Gasteiger partial charge on any atom is 0.409 e. The van der Waals surface area contributed by atoms with Crippen LogP contribution in [-0.2, 0) is 0 Å². The minimum atomic E-state index is -4.21. The Balaban J connectivity index is 2.34. The third-order valence-electron chi connectivity index (χ3n) is 3.27.